The van der Waals surface area contributed by atoms with Gasteiger partial charge in [0.05, 0.1) is 0 Å². The molecule has 0 aromatic carbocycles. The summed E-state index contributed by atoms with van der Waals surface area (Å²) in [5.41, 5.74) is 0. The zero-order chi connectivity index (χ0) is 12.7. The zero-order valence-corrected chi connectivity index (χ0v) is 19.1. The van der Waals surface area contributed by atoms with E-state index < -0.39 is 44.4 Å². The Balaban J connectivity index is 1.41. The van der Waals surface area contributed by atoms with E-state index in [-0.39, 0.29) is 0 Å². The fraction of sp³-hybridized carbons (Fsp3) is 1.00. The number of hydrogen-bond donors (Lipinski definition) is 0. The molecule has 0 aliphatic heterocycles. The van der Waals surface area contributed by atoms with Crippen molar-refractivity contribution in [2.24, 2.45) is 0 Å². The third kappa shape index (κ3) is 2.96. The molecule has 0 bridgehead atoms. The third-order valence-corrected chi connectivity index (χ3v) is 39.5. The third-order valence-electron chi connectivity index (χ3n) is 5.93. The van der Waals surface area contributed by atoms with E-state index in [1.54, 1.807) is 77.0 Å². The van der Waals surface area contributed by atoms with Gasteiger partial charge in [0, 0.05) is 0 Å². The Hall–Kier alpha value is 1.73. The van der Waals surface area contributed by atoms with E-state index in [0.717, 1.165) is 0 Å². The average molecular weight is 654 g/mol. The van der Waals surface area contributed by atoms with E-state index >= 15 is 0 Å². The summed E-state index contributed by atoms with van der Waals surface area (Å²) in [6, 6.07) is 0. The first-order chi connectivity index (χ1) is 9.42. The standard InChI is InChI=1S/4C4H7.2Bi.O/c4*1-2-4-3-1;;;/h4*1H,2-4H2;;;. The van der Waals surface area contributed by atoms with Gasteiger partial charge in [-0.05, 0) is 0 Å². The van der Waals surface area contributed by atoms with Crippen LogP contribution in [0.4, 0.5) is 0 Å². The summed E-state index contributed by atoms with van der Waals surface area (Å²) >= 11 is -3.01. The Kier molecular flexibility index (Phi) is 4.87. The molecule has 0 amide bonds. The first-order valence-electron chi connectivity index (χ1n) is 8.66. The van der Waals surface area contributed by atoms with E-state index in [0.29, 0.717) is 0 Å². The molecule has 19 heavy (non-hydrogen) atoms. The summed E-state index contributed by atoms with van der Waals surface area (Å²) in [5.74, 6) is 0. The van der Waals surface area contributed by atoms with Crippen LogP contribution in [0.15, 0.2) is 0 Å². The van der Waals surface area contributed by atoms with Crippen molar-refractivity contribution in [3.8, 4) is 0 Å². The van der Waals surface area contributed by atoms with Gasteiger partial charge in [0.15, 0.2) is 0 Å². The SMILES string of the molecule is C1C[CH]([Bi]([O][Bi]([CH]2CCC2)[CH]2CCC2)[CH]2CCC2)C1. The molecule has 4 aliphatic carbocycles. The summed E-state index contributed by atoms with van der Waals surface area (Å²) in [4.78, 5) is 0. The van der Waals surface area contributed by atoms with Crippen LogP contribution in [0.5, 0.6) is 0 Å². The van der Waals surface area contributed by atoms with Gasteiger partial charge in [-0.3, -0.25) is 0 Å². The van der Waals surface area contributed by atoms with Gasteiger partial charge in [0.25, 0.3) is 0 Å². The van der Waals surface area contributed by atoms with Gasteiger partial charge in [0.2, 0.25) is 0 Å². The first-order valence-corrected chi connectivity index (χ1v) is 19.5. The molecule has 0 aromatic heterocycles. The van der Waals surface area contributed by atoms with Crippen LogP contribution < -0.4 is 0 Å². The van der Waals surface area contributed by atoms with Crippen LogP contribution in [0.1, 0.15) is 77.0 Å². The molecule has 0 spiro atoms. The van der Waals surface area contributed by atoms with E-state index in [9.17, 15) is 0 Å². The molecule has 0 N–H and O–H groups in total. The molecule has 0 heterocycles. The molecular weight excluding hydrogens is 626 g/mol. The predicted octanol–water partition coefficient (Wildman–Crippen LogP) is 5.20. The van der Waals surface area contributed by atoms with Crippen molar-refractivity contribution >= 4 is 44.4 Å². The van der Waals surface area contributed by atoms with E-state index in [1.807, 2.05) is 0 Å². The van der Waals surface area contributed by atoms with Gasteiger partial charge in [-0.25, -0.2) is 0 Å². The van der Waals surface area contributed by atoms with Gasteiger partial charge in [-0.2, -0.15) is 0 Å². The van der Waals surface area contributed by atoms with E-state index in [1.165, 1.54) is 14.5 Å². The van der Waals surface area contributed by atoms with Crippen molar-refractivity contribution in [3.63, 3.8) is 0 Å². The molecule has 0 atom stereocenters. The maximum atomic E-state index is 7.27. The molecule has 1 nitrogen and oxygen atoms in total. The second kappa shape index (κ2) is 6.46. The summed E-state index contributed by atoms with van der Waals surface area (Å²) < 4.78 is 12.0. The minimum absolute atomic E-state index is 1.19. The van der Waals surface area contributed by atoms with Crippen molar-refractivity contribution in [2.45, 2.75) is 91.6 Å². The van der Waals surface area contributed by atoms with Crippen molar-refractivity contribution < 1.29 is 0.889 Å². The normalized spacial score (nSPS) is 30.0. The van der Waals surface area contributed by atoms with Crippen molar-refractivity contribution in [3.05, 3.63) is 0 Å². The molecule has 108 valence electrons. The summed E-state index contributed by atoms with van der Waals surface area (Å²) in [7, 11) is 0. The van der Waals surface area contributed by atoms with Crippen molar-refractivity contribution in [1.82, 2.24) is 0 Å². The Bertz CT molecular complexity index is 248. The topological polar surface area (TPSA) is 9.23 Å². The molecule has 3 heteroatoms. The van der Waals surface area contributed by atoms with Crippen LogP contribution in [-0.4, -0.2) is 44.4 Å². The fourth-order valence-corrected chi connectivity index (χ4v) is 50.3. The summed E-state index contributed by atoms with van der Waals surface area (Å²) in [6.07, 6.45) is 18.8. The summed E-state index contributed by atoms with van der Waals surface area (Å²) in [5, 5.41) is 0. The van der Waals surface area contributed by atoms with Crippen LogP contribution in [0.25, 0.3) is 0 Å². The van der Waals surface area contributed by atoms with Crippen LogP contribution >= 0.6 is 0 Å². The van der Waals surface area contributed by atoms with Crippen LogP contribution in [0, 0.1) is 0 Å². The molecule has 0 unspecified atom stereocenters. The van der Waals surface area contributed by atoms with E-state index in [2.05, 4.69) is 0 Å². The predicted molar refractivity (Wildman–Crippen MR) is 83.0 cm³/mol. The Morgan fingerprint density at radius 3 is 0.895 bits per heavy atom. The zero-order valence-electron chi connectivity index (χ0n) is 12.1. The maximum absolute atomic E-state index is 7.27. The molecule has 0 radical (unpaired) electrons. The van der Waals surface area contributed by atoms with Crippen LogP contribution in [-0.2, 0) is 0.889 Å². The van der Waals surface area contributed by atoms with Crippen LogP contribution in [0.2, 0.25) is 14.5 Å². The quantitative estimate of drug-likeness (QED) is 0.358. The molecule has 4 aliphatic rings. The number of rotatable bonds is 6. The Labute approximate surface area is 135 Å². The van der Waals surface area contributed by atoms with Crippen LogP contribution in [0.3, 0.4) is 0 Å². The van der Waals surface area contributed by atoms with E-state index in [4.69, 9.17) is 0.889 Å². The Morgan fingerprint density at radius 2 is 0.737 bits per heavy atom. The molecule has 0 aromatic rings. The summed E-state index contributed by atoms with van der Waals surface area (Å²) in [6.45, 7) is 0. The second-order valence-electron chi connectivity index (χ2n) is 7.14. The monoisotopic (exact) mass is 654 g/mol. The van der Waals surface area contributed by atoms with Gasteiger partial charge in [-0.1, -0.05) is 0 Å². The van der Waals surface area contributed by atoms with Crippen molar-refractivity contribution in [2.75, 3.05) is 0 Å². The average Bonchev–Trinajstić information content (AvgIpc) is 2.05. The first kappa shape index (κ1) is 14.3. The van der Waals surface area contributed by atoms with Gasteiger partial charge in [-0.15, -0.1) is 0 Å². The fourth-order valence-electron chi connectivity index (χ4n) is 3.54. The van der Waals surface area contributed by atoms with Gasteiger partial charge in [0.1, 0.15) is 0 Å². The molecule has 4 fully saturated rings. The molecule has 0 saturated heterocycles. The number of hydrogen-bond acceptors (Lipinski definition) is 1. The molecular formula is C16H28Bi2O. The minimum atomic E-state index is -1.51. The Morgan fingerprint density at radius 1 is 0.474 bits per heavy atom. The molecule has 4 saturated carbocycles. The molecule has 4 rings (SSSR count). The second-order valence-corrected chi connectivity index (χ2v) is 30.3. The van der Waals surface area contributed by atoms with Gasteiger partial charge < -0.3 is 0 Å². The van der Waals surface area contributed by atoms with Gasteiger partial charge >= 0.3 is 137 Å². The van der Waals surface area contributed by atoms with Crippen molar-refractivity contribution in [1.29, 1.82) is 0 Å².